The van der Waals surface area contributed by atoms with Gasteiger partial charge in [0.25, 0.3) is 9.05 Å². The van der Waals surface area contributed by atoms with Crippen LogP contribution in [0.1, 0.15) is 11.1 Å². The highest BCUT2D eigenvalue weighted by Crippen LogP contribution is 2.23. The minimum Gasteiger partial charge on any atom is -0.207 e. The molecule has 74 valence electrons. The van der Waals surface area contributed by atoms with Crippen molar-refractivity contribution in [3.8, 4) is 6.07 Å². The lowest BCUT2D eigenvalue weighted by Crippen LogP contribution is -1.97. The summed E-state index contributed by atoms with van der Waals surface area (Å²) < 4.78 is 22.2. The zero-order valence-corrected chi connectivity index (χ0v) is 10.0. The Kier molecular flexibility index (Phi) is 3.53. The summed E-state index contributed by atoms with van der Waals surface area (Å²) in [5.74, 6) is 0. The van der Waals surface area contributed by atoms with E-state index in [-0.39, 0.29) is 10.5 Å². The summed E-state index contributed by atoms with van der Waals surface area (Å²) in [5, 5.41) is 8.97. The van der Waals surface area contributed by atoms with E-state index in [0.717, 1.165) is 0 Å². The Morgan fingerprint density at radius 1 is 1.50 bits per heavy atom. The molecule has 0 radical (unpaired) electrons. The molecule has 0 bridgehead atoms. The lowest BCUT2D eigenvalue weighted by Gasteiger charge is -2.03. The fourth-order valence-corrected chi connectivity index (χ4v) is 2.79. The molecular formula is C8H5BrClNO2S. The van der Waals surface area contributed by atoms with Crippen LogP contribution in [0.2, 0.25) is 0 Å². The standard InChI is InChI=1S/C8H5BrClNO2S/c9-4-7-2-1-6(5-11)3-8(7)14(10,12)13/h1-3H,4H2. The van der Waals surface area contributed by atoms with E-state index in [9.17, 15) is 8.42 Å². The van der Waals surface area contributed by atoms with Gasteiger partial charge in [-0.25, -0.2) is 8.42 Å². The van der Waals surface area contributed by atoms with Gasteiger partial charge in [0, 0.05) is 16.0 Å². The van der Waals surface area contributed by atoms with Crippen molar-refractivity contribution < 1.29 is 8.42 Å². The number of halogens is 2. The van der Waals surface area contributed by atoms with Crippen LogP contribution in [0, 0.1) is 11.3 Å². The first-order valence-electron chi connectivity index (χ1n) is 3.52. The van der Waals surface area contributed by atoms with Gasteiger partial charge in [-0.15, -0.1) is 0 Å². The molecule has 0 aliphatic rings. The smallest absolute Gasteiger partial charge is 0.207 e. The van der Waals surface area contributed by atoms with E-state index in [1.807, 2.05) is 6.07 Å². The number of benzene rings is 1. The highest BCUT2D eigenvalue weighted by atomic mass is 79.9. The average Bonchev–Trinajstić information content (AvgIpc) is 2.15. The molecule has 0 spiro atoms. The van der Waals surface area contributed by atoms with Gasteiger partial charge in [-0.2, -0.15) is 5.26 Å². The van der Waals surface area contributed by atoms with Crippen molar-refractivity contribution in [1.29, 1.82) is 5.26 Å². The maximum absolute atomic E-state index is 11.1. The molecule has 0 N–H and O–H groups in total. The molecule has 1 aromatic carbocycles. The normalized spacial score (nSPS) is 10.9. The molecule has 0 atom stereocenters. The summed E-state index contributed by atoms with van der Waals surface area (Å²) in [7, 11) is 1.43. The van der Waals surface area contributed by atoms with E-state index in [1.165, 1.54) is 6.07 Å². The Balaban J connectivity index is 3.47. The molecule has 0 aliphatic carbocycles. The predicted molar refractivity (Wildman–Crippen MR) is 56.8 cm³/mol. The summed E-state index contributed by atoms with van der Waals surface area (Å²) in [6, 6.07) is 6.22. The van der Waals surface area contributed by atoms with Crippen molar-refractivity contribution in [2.24, 2.45) is 0 Å². The summed E-state index contributed by atoms with van der Waals surface area (Å²) in [5.41, 5.74) is 0.813. The van der Waals surface area contributed by atoms with Crippen LogP contribution in [-0.4, -0.2) is 8.42 Å². The lowest BCUT2D eigenvalue weighted by atomic mass is 10.2. The van der Waals surface area contributed by atoms with Crippen molar-refractivity contribution in [1.82, 2.24) is 0 Å². The molecule has 0 aromatic heterocycles. The number of nitriles is 1. The second kappa shape index (κ2) is 4.30. The third-order valence-corrected chi connectivity index (χ3v) is 3.61. The Labute approximate surface area is 94.9 Å². The SMILES string of the molecule is N#Cc1ccc(CBr)c(S(=O)(=O)Cl)c1. The number of rotatable bonds is 2. The molecule has 1 rings (SSSR count). The molecule has 3 nitrogen and oxygen atoms in total. The molecule has 0 heterocycles. The zero-order valence-electron chi connectivity index (χ0n) is 6.87. The molecule has 0 saturated heterocycles. The first kappa shape index (κ1) is 11.5. The Bertz CT molecular complexity index is 493. The van der Waals surface area contributed by atoms with E-state index in [0.29, 0.717) is 10.9 Å². The second-order valence-corrected chi connectivity index (χ2v) is 5.60. The quantitative estimate of drug-likeness (QED) is 0.621. The van der Waals surface area contributed by atoms with Crippen LogP contribution in [0.15, 0.2) is 23.1 Å². The number of hydrogen-bond acceptors (Lipinski definition) is 3. The molecule has 1 aromatic rings. The molecule has 14 heavy (non-hydrogen) atoms. The predicted octanol–water partition coefficient (Wildman–Crippen LogP) is 2.38. The Morgan fingerprint density at radius 2 is 2.14 bits per heavy atom. The van der Waals surface area contributed by atoms with E-state index in [1.54, 1.807) is 12.1 Å². The largest absolute Gasteiger partial charge is 0.261 e. The molecule has 0 unspecified atom stereocenters. The van der Waals surface area contributed by atoms with Crippen molar-refractivity contribution in [3.05, 3.63) is 29.3 Å². The lowest BCUT2D eigenvalue weighted by molar-refractivity contribution is 0.609. The van der Waals surface area contributed by atoms with Crippen LogP contribution in [0.5, 0.6) is 0 Å². The molecule has 0 amide bonds. The summed E-state index contributed by atoms with van der Waals surface area (Å²) in [6.07, 6.45) is 0. The molecule has 6 heteroatoms. The van der Waals surface area contributed by atoms with Gasteiger partial charge in [-0.05, 0) is 17.7 Å². The Morgan fingerprint density at radius 3 is 2.57 bits per heavy atom. The summed E-state index contributed by atoms with van der Waals surface area (Å²) in [4.78, 5) is -0.0184. The number of nitrogens with zero attached hydrogens (tertiary/aromatic N) is 1. The summed E-state index contributed by atoms with van der Waals surface area (Å²) in [6.45, 7) is 0. The van der Waals surface area contributed by atoms with Gasteiger partial charge in [0.05, 0.1) is 16.5 Å². The van der Waals surface area contributed by atoms with Crippen molar-refractivity contribution in [3.63, 3.8) is 0 Å². The second-order valence-electron chi connectivity index (χ2n) is 2.51. The minimum atomic E-state index is -3.79. The van der Waals surface area contributed by atoms with Gasteiger partial charge in [0.2, 0.25) is 0 Å². The van der Waals surface area contributed by atoms with Crippen LogP contribution in [-0.2, 0) is 14.4 Å². The van der Waals surface area contributed by atoms with Gasteiger partial charge in [0.1, 0.15) is 0 Å². The highest BCUT2D eigenvalue weighted by molar-refractivity contribution is 9.08. The number of alkyl halides is 1. The third kappa shape index (κ3) is 2.47. The topological polar surface area (TPSA) is 57.9 Å². The molecular weight excluding hydrogens is 290 g/mol. The maximum atomic E-state index is 11.1. The Hall–Kier alpha value is -0.570. The van der Waals surface area contributed by atoms with Gasteiger partial charge in [-0.1, -0.05) is 22.0 Å². The fourth-order valence-electron chi connectivity index (χ4n) is 0.961. The molecule has 0 aliphatic heterocycles. The van der Waals surface area contributed by atoms with Crippen molar-refractivity contribution in [2.75, 3.05) is 0 Å². The van der Waals surface area contributed by atoms with Crippen LogP contribution >= 0.6 is 26.6 Å². The minimum absolute atomic E-state index is 0.0184. The molecule has 0 saturated carbocycles. The highest BCUT2D eigenvalue weighted by Gasteiger charge is 2.15. The molecule has 0 fully saturated rings. The van der Waals surface area contributed by atoms with E-state index in [2.05, 4.69) is 15.9 Å². The fraction of sp³-hybridized carbons (Fsp3) is 0.125. The first-order valence-corrected chi connectivity index (χ1v) is 6.96. The van der Waals surface area contributed by atoms with Gasteiger partial charge < -0.3 is 0 Å². The van der Waals surface area contributed by atoms with E-state index in [4.69, 9.17) is 15.9 Å². The van der Waals surface area contributed by atoms with E-state index < -0.39 is 9.05 Å². The van der Waals surface area contributed by atoms with Crippen LogP contribution in [0.25, 0.3) is 0 Å². The van der Waals surface area contributed by atoms with Crippen LogP contribution in [0.3, 0.4) is 0 Å². The van der Waals surface area contributed by atoms with E-state index >= 15 is 0 Å². The third-order valence-electron chi connectivity index (χ3n) is 1.60. The van der Waals surface area contributed by atoms with Crippen LogP contribution < -0.4 is 0 Å². The monoisotopic (exact) mass is 293 g/mol. The summed E-state index contributed by atoms with van der Waals surface area (Å²) >= 11 is 3.14. The number of hydrogen-bond donors (Lipinski definition) is 0. The van der Waals surface area contributed by atoms with Crippen molar-refractivity contribution >= 4 is 35.7 Å². The van der Waals surface area contributed by atoms with Crippen molar-refractivity contribution in [2.45, 2.75) is 10.2 Å². The first-order chi connectivity index (χ1) is 6.49. The average molecular weight is 295 g/mol. The maximum Gasteiger partial charge on any atom is 0.261 e. The van der Waals surface area contributed by atoms with Gasteiger partial charge in [0.15, 0.2) is 0 Å². The van der Waals surface area contributed by atoms with Gasteiger partial charge in [-0.3, -0.25) is 0 Å². The van der Waals surface area contributed by atoms with Crippen LogP contribution in [0.4, 0.5) is 0 Å². The zero-order chi connectivity index (χ0) is 10.8. The van der Waals surface area contributed by atoms with Gasteiger partial charge >= 0.3 is 0 Å².